The molecule has 1 aliphatic carbocycles. The second kappa shape index (κ2) is 5.28. The van der Waals surface area contributed by atoms with Gasteiger partial charge < -0.3 is 9.84 Å². The summed E-state index contributed by atoms with van der Waals surface area (Å²) in [4.78, 5) is 0. The molecule has 0 aliphatic heterocycles. The lowest BCUT2D eigenvalue weighted by molar-refractivity contribution is 0.180. The fourth-order valence-electron chi connectivity index (χ4n) is 2.09. The fourth-order valence-corrected chi connectivity index (χ4v) is 2.72. The lowest BCUT2D eigenvalue weighted by atomic mass is 10.1. The molecule has 0 saturated heterocycles. The minimum absolute atomic E-state index is 0.0449. The van der Waals surface area contributed by atoms with Crippen molar-refractivity contribution in [2.75, 3.05) is 18.1 Å². The number of fused-ring (bicyclic) bond motifs is 1. The molecule has 0 radical (unpaired) electrons. The van der Waals surface area contributed by atoms with Gasteiger partial charge in [-0.1, -0.05) is 13.0 Å². The first kappa shape index (κ1) is 13.4. The van der Waals surface area contributed by atoms with Gasteiger partial charge in [0, 0.05) is 5.75 Å². The topological polar surface area (TPSA) is 63.6 Å². The van der Waals surface area contributed by atoms with E-state index in [4.69, 9.17) is 4.74 Å². The Balaban J connectivity index is 1.96. The molecule has 1 atom stereocenters. The van der Waals surface area contributed by atoms with E-state index in [1.165, 1.54) is 0 Å². The van der Waals surface area contributed by atoms with E-state index in [0.29, 0.717) is 5.75 Å². The Bertz CT molecular complexity index is 522. The molecule has 0 aromatic heterocycles. The summed E-state index contributed by atoms with van der Waals surface area (Å²) < 4.78 is 28.1. The Morgan fingerprint density at radius 2 is 2.22 bits per heavy atom. The monoisotopic (exact) mass is 270 g/mol. The maximum Gasteiger partial charge on any atom is 0.153 e. The summed E-state index contributed by atoms with van der Waals surface area (Å²) in [5.74, 6) is 0.866. The van der Waals surface area contributed by atoms with Crippen LogP contribution in [0.1, 0.15) is 30.6 Å². The van der Waals surface area contributed by atoms with Crippen molar-refractivity contribution in [1.82, 2.24) is 0 Å². The van der Waals surface area contributed by atoms with E-state index in [1.54, 1.807) is 13.0 Å². The average molecular weight is 270 g/mol. The van der Waals surface area contributed by atoms with Crippen molar-refractivity contribution in [3.8, 4) is 5.75 Å². The molecule has 1 aromatic rings. The maximum absolute atomic E-state index is 11.3. The molecule has 0 fully saturated rings. The second-order valence-electron chi connectivity index (χ2n) is 4.50. The molecule has 1 aromatic carbocycles. The minimum Gasteiger partial charge on any atom is -0.493 e. The molecule has 0 amide bonds. The van der Waals surface area contributed by atoms with Crippen molar-refractivity contribution in [3.63, 3.8) is 0 Å². The molecule has 0 spiro atoms. The normalized spacial score (nSPS) is 18.7. The van der Waals surface area contributed by atoms with Gasteiger partial charge in [-0.15, -0.1) is 0 Å². The summed E-state index contributed by atoms with van der Waals surface area (Å²) in [6.07, 6.45) is 1.23. The third-order valence-corrected chi connectivity index (χ3v) is 4.93. The summed E-state index contributed by atoms with van der Waals surface area (Å²) in [5, 5.41) is 9.67. The molecule has 0 heterocycles. The van der Waals surface area contributed by atoms with Gasteiger partial charge in [-0.05, 0) is 36.1 Å². The predicted molar refractivity (Wildman–Crippen MR) is 69.5 cm³/mol. The molecule has 5 heteroatoms. The molecular weight excluding hydrogens is 252 g/mol. The first-order valence-electron chi connectivity index (χ1n) is 6.16. The van der Waals surface area contributed by atoms with Crippen molar-refractivity contribution in [1.29, 1.82) is 0 Å². The van der Waals surface area contributed by atoms with Crippen LogP contribution in [0.2, 0.25) is 0 Å². The highest BCUT2D eigenvalue weighted by Gasteiger charge is 2.20. The molecular formula is C13H18O4S. The van der Waals surface area contributed by atoms with Gasteiger partial charge in [0.15, 0.2) is 9.84 Å². The number of sulfone groups is 1. The van der Waals surface area contributed by atoms with Crippen LogP contribution in [0, 0.1) is 0 Å². The highest BCUT2D eigenvalue weighted by molar-refractivity contribution is 7.91. The molecule has 1 unspecified atom stereocenters. The van der Waals surface area contributed by atoms with E-state index in [1.807, 2.05) is 12.1 Å². The highest BCUT2D eigenvalue weighted by atomic mass is 32.2. The van der Waals surface area contributed by atoms with Crippen LogP contribution in [0.5, 0.6) is 5.75 Å². The quantitative estimate of drug-likeness (QED) is 0.880. The standard InChI is InChI=1S/C13H18O4S/c1-2-18(15,16)8-7-17-11-4-5-12-10(9-11)3-6-13(12)14/h4-5,9,13-14H,2-3,6-8H2,1H3. The van der Waals surface area contributed by atoms with Gasteiger partial charge in [0.2, 0.25) is 0 Å². The molecule has 1 N–H and O–H groups in total. The Morgan fingerprint density at radius 3 is 2.94 bits per heavy atom. The molecule has 0 saturated carbocycles. The largest absolute Gasteiger partial charge is 0.493 e. The van der Waals surface area contributed by atoms with Gasteiger partial charge in [0.1, 0.15) is 12.4 Å². The maximum atomic E-state index is 11.3. The zero-order valence-corrected chi connectivity index (χ0v) is 11.2. The van der Waals surface area contributed by atoms with Crippen LogP contribution in [0.15, 0.2) is 18.2 Å². The van der Waals surface area contributed by atoms with Crippen LogP contribution in [-0.2, 0) is 16.3 Å². The van der Waals surface area contributed by atoms with E-state index >= 15 is 0 Å². The lowest BCUT2D eigenvalue weighted by Crippen LogP contribution is -2.15. The van der Waals surface area contributed by atoms with Crippen molar-refractivity contribution in [2.24, 2.45) is 0 Å². The van der Waals surface area contributed by atoms with Crippen LogP contribution in [0.25, 0.3) is 0 Å². The van der Waals surface area contributed by atoms with Gasteiger partial charge in [0.25, 0.3) is 0 Å². The number of aryl methyl sites for hydroxylation is 1. The number of rotatable bonds is 5. The molecule has 1 aliphatic rings. The van der Waals surface area contributed by atoms with Crippen molar-refractivity contribution in [3.05, 3.63) is 29.3 Å². The number of benzene rings is 1. The van der Waals surface area contributed by atoms with Crippen LogP contribution in [0.3, 0.4) is 0 Å². The number of aliphatic hydroxyl groups is 1. The van der Waals surface area contributed by atoms with E-state index < -0.39 is 9.84 Å². The third-order valence-electron chi connectivity index (χ3n) is 3.26. The van der Waals surface area contributed by atoms with Crippen LogP contribution in [-0.4, -0.2) is 31.6 Å². The van der Waals surface area contributed by atoms with E-state index in [0.717, 1.165) is 24.0 Å². The third kappa shape index (κ3) is 3.03. The van der Waals surface area contributed by atoms with Gasteiger partial charge in [-0.3, -0.25) is 0 Å². The minimum atomic E-state index is -2.97. The Labute approximate surface area is 108 Å². The van der Waals surface area contributed by atoms with Crippen molar-refractivity contribution >= 4 is 9.84 Å². The summed E-state index contributed by atoms with van der Waals surface area (Å²) in [5.41, 5.74) is 2.06. The first-order valence-corrected chi connectivity index (χ1v) is 7.98. The lowest BCUT2D eigenvalue weighted by Gasteiger charge is -2.09. The van der Waals surface area contributed by atoms with Crippen molar-refractivity contribution in [2.45, 2.75) is 25.9 Å². The Kier molecular flexibility index (Phi) is 3.92. The molecule has 18 heavy (non-hydrogen) atoms. The van der Waals surface area contributed by atoms with Crippen LogP contribution in [0.4, 0.5) is 0 Å². The summed E-state index contributed by atoms with van der Waals surface area (Å²) in [6, 6.07) is 5.53. The second-order valence-corrected chi connectivity index (χ2v) is 6.97. The molecule has 0 bridgehead atoms. The Hall–Kier alpha value is -1.07. The summed E-state index contributed by atoms with van der Waals surface area (Å²) in [6.45, 7) is 1.81. The molecule has 4 nitrogen and oxygen atoms in total. The van der Waals surface area contributed by atoms with Gasteiger partial charge in [-0.25, -0.2) is 8.42 Å². The highest BCUT2D eigenvalue weighted by Crippen LogP contribution is 2.33. The van der Waals surface area contributed by atoms with Crippen LogP contribution >= 0.6 is 0 Å². The van der Waals surface area contributed by atoms with Gasteiger partial charge >= 0.3 is 0 Å². The number of aliphatic hydroxyl groups excluding tert-OH is 1. The fraction of sp³-hybridized carbons (Fsp3) is 0.538. The van der Waals surface area contributed by atoms with E-state index in [2.05, 4.69) is 0 Å². The first-order chi connectivity index (χ1) is 8.52. The average Bonchev–Trinajstić information content (AvgIpc) is 2.71. The van der Waals surface area contributed by atoms with E-state index in [9.17, 15) is 13.5 Å². The zero-order chi connectivity index (χ0) is 13.2. The van der Waals surface area contributed by atoms with E-state index in [-0.39, 0.29) is 24.2 Å². The SMILES string of the molecule is CCS(=O)(=O)CCOc1ccc2c(c1)CCC2O. The number of hydrogen-bond acceptors (Lipinski definition) is 4. The predicted octanol–water partition coefficient (Wildman–Crippen LogP) is 1.48. The zero-order valence-electron chi connectivity index (χ0n) is 10.4. The molecule has 2 rings (SSSR count). The molecule has 100 valence electrons. The van der Waals surface area contributed by atoms with Crippen molar-refractivity contribution < 1.29 is 18.3 Å². The summed E-state index contributed by atoms with van der Waals surface area (Å²) in [7, 11) is -2.97. The van der Waals surface area contributed by atoms with Gasteiger partial charge in [-0.2, -0.15) is 0 Å². The van der Waals surface area contributed by atoms with Crippen LogP contribution < -0.4 is 4.74 Å². The smallest absolute Gasteiger partial charge is 0.153 e. The summed E-state index contributed by atoms with van der Waals surface area (Å²) >= 11 is 0. The Morgan fingerprint density at radius 1 is 1.44 bits per heavy atom. The number of hydrogen-bond donors (Lipinski definition) is 1. The number of ether oxygens (including phenoxy) is 1. The van der Waals surface area contributed by atoms with Gasteiger partial charge in [0.05, 0.1) is 11.9 Å².